The van der Waals surface area contributed by atoms with Crippen molar-refractivity contribution in [2.75, 3.05) is 5.94 Å². The Labute approximate surface area is 104 Å². The fraction of sp³-hybridized carbons (Fsp3) is 0.462. The Morgan fingerprint density at radius 1 is 1.53 bits per heavy atom. The van der Waals surface area contributed by atoms with Crippen LogP contribution in [-0.4, -0.2) is 17.0 Å². The first kappa shape index (κ1) is 11.0. The Balaban J connectivity index is 1.87. The van der Waals surface area contributed by atoms with Crippen molar-refractivity contribution in [2.24, 2.45) is 5.92 Å². The van der Waals surface area contributed by atoms with Crippen LogP contribution < -0.4 is 4.74 Å². The highest BCUT2D eigenvalue weighted by atomic mass is 32.2. The molecule has 0 bridgehead atoms. The smallest absolute Gasteiger partial charge is 0.303 e. The number of aliphatic carboxylic acids is 1. The number of thioether (sulfide) groups is 1. The molecule has 1 fully saturated rings. The van der Waals surface area contributed by atoms with E-state index in [9.17, 15) is 4.79 Å². The summed E-state index contributed by atoms with van der Waals surface area (Å²) in [5.41, 5.74) is 1.16. The van der Waals surface area contributed by atoms with Crippen molar-refractivity contribution in [2.45, 2.75) is 30.1 Å². The summed E-state index contributed by atoms with van der Waals surface area (Å²) in [7, 11) is 0. The van der Waals surface area contributed by atoms with Crippen LogP contribution in [0.1, 0.15) is 30.7 Å². The second-order valence-electron chi connectivity index (χ2n) is 4.65. The zero-order chi connectivity index (χ0) is 11.8. The van der Waals surface area contributed by atoms with Gasteiger partial charge in [-0.3, -0.25) is 4.79 Å². The molecule has 0 amide bonds. The lowest BCUT2D eigenvalue weighted by Crippen LogP contribution is -2.08. The number of rotatable bonds is 4. The van der Waals surface area contributed by atoms with E-state index in [1.165, 1.54) is 12.8 Å². The van der Waals surface area contributed by atoms with Crippen molar-refractivity contribution in [3.8, 4) is 5.75 Å². The van der Waals surface area contributed by atoms with Gasteiger partial charge < -0.3 is 9.84 Å². The lowest BCUT2D eigenvalue weighted by Gasteiger charge is -2.15. The van der Waals surface area contributed by atoms with Gasteiger partial charge in [-0.15, -0.1) is 0 Å². The molecule has 0 aromatic heterocycles. The Morgan fingerprint density at radius 2 is 2.35 bits per heavy atom. The first-order valence-electron chi connectivity index (χ1n) is 5.85. The Hall–Kier alpha value is -1.16. The number of ether oxygens (including phenoxy) is 1. The van der Waals surface area contributed by atoms with Crippen LogP contribution in [0.5, 0.6) is 5.75 Å². The maximum absolute atomic E-state index is 10.9. The van der Waals surface area contributed by atoms with Crippen LogP contribution in [0, 0.1) is 5.92 Å². The van der Waals surface area contributed by atoms with Gasteiger partial charge in [-0.05, 0) is 42.4 Å². The second kappa shape index (κ2) is 4.26. The normalized spacial score (nSPS) is 19.5. The minimum absolute atomic E-state index is 0.180. The molecule has 1 aliphatic carbocycles. The van der Waals surface area contributed by atoms with E-state index in [1.54, 1.807) is 11.8 Å². The van der Waals surface area contributed by atoms with Crippen molar-refractivity contribution in [1.82, 2.24) is 0 Å². The van der Waals surface area contributed by atoms with Crippen molar-refractivity contribution >= 4 is 17.7 Å². The highest BCUT2D eigenvalue weighted by Gasteiger charge is 2.34. The molecule has 1 saturated carbocycles. The fourth-order valence-electron chi connectivity index (χ4n) is 2.39. The highest BCUT2D eigenvalue weighted by molar-refractivity contribution is 7.99. The minimum Gasteiger partial charge on any atom is -0.481 e. The molecule has 90 valence electrons. The lowest BCUT2D eigenvalue weighted by molar-refractivity contribution is -0.137. The molecular formula is C13H14O3S. The van der Waals surface area contributed by atoms with E-state index in [0.717, 1.165) is 16.2 Å². The van der Waals surface area contributed by atoms with Crippen LogP contribution in [-0.2, 0) is 4.79 Å². The van der Waals surface area contributed by atoms with Gasteiger partial charge >= 0.3 is 5.97 Å². The molecule has 4 heteroatoms. The van der Waals surface area contributed by atoms with E-state index in [2.05, 4.69) is 6.07 Å². The van der Waals surface area contributed by atoms with Crippen LogP contribution in [0.3, 0.4) is 0 Å². The van der Waals surface area contributed by atoms with Gasteiger partial charge in [0.05, 0.1) is 11.3 Å². The van der Waals surface area contributed by atoms with Crippen molar-refractivity contribution in [1.29, 1.82) is 0 Å². The van der Waals surface area contributed by atoms with Gasteiger partial charge in [0, 0.05) is 0 Å². The van der Waals surface area contributed by atoms with Crippen LogP contribution in [0.25, 0.3) is 0 Å². The molecule has 1 unspecified atom stereocenters. The standard InChI is InChI=1S/C13H14O3S/c14-13(15)6-10(8-1-2-8)9-3-4-11-12(5-9)17-7-16-11/h3-5,8,10H,1-2,6-7H2,(H,14,15). The third-order valence-corrected chi connectivity index (χ3v) is 4.28. The summed E-state index contributed by atoms with van der Waals surface area (Å²) in [5, 5.41) is 8.99. The highest BCUT2D eigenvalue weighted by Crippen LogP contribution is 2.46. The van der Waals surface area contributed by atoms with Gasteiger partial charge in [0.1, 0.15) is 11.7 Å². The molecule has 3 rings (SSSR count). The van der Waals surface area contributed by atoms with Crippen molar-refractivity contribution < 1.29 is 14.6 Å². The SMILES string of the molecule is O=C(O)CC(c1ccc2c(c1)SCO2)C1CC1. The van der Waals surface area contributed by atoms with Gasteiger partial charge in [0.25, 0.3) is 0 Å². The predicted octanol–water partition coefficient (Wildman–Crippen LogP) is 3.10. The van der Waals surface area contributed by atoms with Crippen LogP contribution >= 0.6 is 11.8 Å². The topological polar surface area (TPSA) is 46.5 Å². The third kappa shape index (κ3) is 2.27. The molecule has 1 aromatic rings. The Morgan fingerprint density at radius 3 is 3.06 bits per heavy atom. The van der Waals surface area contributed by atoms with Gasteiger partial charge in [-0.2, -0.15) is 0 Å². The molecule has 0 radical (unpaired) electrons. The van der Waals surface area contributed by atoms with E-state index in [-0.39, 0.29) is 12.3 Å². The van der Waals surface area contributed by atoms with Gasteiger partial charge in [0.15, 0.2) is 0 Å². The average molecular weight is 250 g/mol. The van der Waals surface area contributed by atoms with E-state index >= 15 is 0 Å². The van der Waals surface area contributed by atoms with E-state index in [4.69, 9.17) is 9.84 Å². The summed E-state index contributed by atoms with van der Waals surface area (Å²) in [5.74, 6) is 1.65. The molecule has 17 heavy (non-hydrogen) atoms. The quantitative estimate of drug-likeness (QED) is 0.892. The van der Waals surface area contributed by atoms with Crippen LogP contribution in [0.2, 0.25) is 0 Å². The molecule has 0 spiro atoms. The van der Waals surface area contributed by atoms with Crippen LogP contribution in [0.4, 0.5) is 0 Å². The molecule has 2 aliphatic rings. The number of hydrogen-bond acceptors (Lipinski definition) is 3. The zero-order valence-corrected chi connectivity index (χ0v) is 10.2. The Kier molecular flexibility index (Phi) is 2.74. The molecule has 1 atom stereocenters. The number of carbonyl (C=O) groups is 1. The fourth-order valence-corrected chi connectivity index (χ4v) is 3.19. The van der Waals surface area contributed by atoms with E-state index in [1.807, 2.05) is 12.1 Å². The zero-order valence-electron chi connectivity index (χ0n) is 9.39. The number of carboxylic acids is 1. The largest absolute Gasteiger partial charge is 0.481 e. The number of carboxylic acid groups (broad SMARTS) is 1. The number of fused-ring (bicyclic) bond motifs is 1. The summed E-state index contributed by atoms with van der Waals surface area (Å²) in [4.78, 5) is 12.1. The minimum atomic E-state index is -0.702. The first-order valence-corrected chi connectivity index (χ1v) is 6.84. The Bertz CT molecular complexity index is 454. The predicted molar refractivity (Wildman–Crippen MR) is 65.5 cm³/mol. The summed E-state index contributed by atoms with van der Waals surface area (Å²) < 4.78 is 5.44. The van der Waals surface area contributed by atoms with Gasteiger partial charge in [-0.25, -0.2) is 0 Å². The number of hydrogen-bond donors (Lipinski definition) is 1. The molecular weight excluding hydrogens is 236 g/mol. The lowest BCUT2D eigenvalue weighted by atomic mass is 9.91. The maximum Gasteiger partial charge on any atom is 0.303 e. The molecule has 1 aliphatic heterocycles. The maximum atomic E-state index is 10.9. The molecule has 1 aromatic carbocycles. The summed E-state index contributed by atoms with van der Waals surface area (Å²) >= 11 is 1.68. The van der Waals surface area contributed by atoms with Crippen LogP contribution in [0.15, 0.2) is 23.1 Å². The van der Waals surface area contributed by atoms with Gasteiger partial charge in [0.2, 0.25) is 0 Å². The first-order chi connectivity index (χ1) is 8.24. The monoisotopic (exact) mass is 250 g/mol. The molecule has 0 saturated heterocycles. The second-order valence-corrected chi connectivity index (χ2v) is 5.62. The summed E-state index contributed by atoms with van der Waals surface area (Å²) in [6.45, 7) is 0. The number of benzene rings is 1. The average Bonchev–Trinajstić information content (AvgIpc) is 3.03. The molecule has 1 N–H and O–H groups in total. The molecule has 1 heterocycles. The summed E-state index contributed by atoms with van der Waals surface area (Å²) in [6, 6.07) is 6.11. The van der Waals surface area contributed by atoms with Crippen molar-refractivity contribution in [3.63, 3.8) is 0 Å². The molecule has 3 nitrogen and oxygen atoms in total. The van der Waals surface area contributed by atoms with Gasteiger partial charge in [-0.1, -0.05) is 17.8 Å². The van der Waals surface area contributed by atoms with E-state index in [0.29, 0.717) is 11.9 Å². The third-order valence-electron chi connectivity index (χ3n) is 3.41. The van der Waals surface area contributed by atoms with E-state index < -0.39 is 5.97 Å². The summed E-state index contributed by atoms with van der Waals surface area (Å²) in [6.07, 6.45) is 2.58. The van der Waals surface area contributed by atoms with Crippen molar-refractivity contribution in [3.05, 3.63) is 23.8 Å².